The molecule has 5 heteroatoms. The molecule has 2 heterocycles. The van der Waals surface area contributed by atoms with Gasteiger partial charge in [-0.1, -0.05) is 42.5 Å². The van der Waals surface area contributed by atoms with E-state index in [9.17, 15) is 9.59 Å². The summed E-state index contributed by atoms with van der Waals surface area (Å²) in [7, 11) is 0. The maximum atomic E-state index is 12.7. The van der Waals surface area contributed by atoms with Gasteiger partial charge in [0, 0.05) is 19.2 Å². The lowest BCUT2D eigenvalue weighted by atomic mass is 10.0. The molecule has 2 atom stereocenters. The number of hydrogen-bond acceptors (Lipinski definition) is 3. The zero-order valence-corrected chi connectivity index (χ0v) is 15.8. The molecule has 1 aliphatic rings. The van der Waals surface area contributed by atoms with Gasteiger partial charge in [-0.3, -0.25) is 14.6 Å². The number of benzene rings is 2. The van der Waals surface area contributed by atoms with Crippen molar-refractivity contribution in [2.45, 2.75) is 25.9 Å². The Morgan fingerprint density at radius 1 is 1.14 bits per heavy atom. The van der Waals surface area contributed by atoms with Crippen LogP contribution >= 0.6 is 0 Å². The molecule has 1 aromatic heterocycles. The summed E-state index contributed by atoms with van der Waals surface area (Å²) in [6.07, 6.45) is 1.97. The van der Waals surface area contributed by atoms with Gasteiger partial charge in [0.05, 0.1) is 24.2 Å². The Bertz CT molecular complexity index is 1000. The number of fused-ring (bicyclic) bond motifs is 1. The number of likely N-dealkylation sites (tertiary alicyclic amines) is 1. The lowest BCUT2D eigenvalue weighted by Crippen LogP contribution is -2.34. The standard InChI is InChI=1S/C23H23N3O2/c1-16(18-10-9-17-6-2-3-7-19(17)12-18)25-23(28)20-13-22(27)26(14-20)15-21-8-4-5-11-24-21/h2-12,16,20H,13-15H2,1H3,(H,25,28). The maximum absolute atomic E-state index is 12.7. The molecule has 0 saturated carbocycles. The Labute approximate surface area is 164 Å². The maximum Gasteiger partial charge on any atom is 0.225 e. The molecule has 0 bridgehead atoms. The van der Waals surface area contributed by atoms with Gasteiger partial charge in [-0.05, 0) is 41.5 Å². The topological polar surface area (TPSA) is 62.3 Å². The quantitative estimate of drug-likeness (QED) is 0.745. The average molecular weight is 373 g/mol. The van der Waals surface area contributed by atoms with E-state index >= 15 is 0 Å². The van der Waals surface area contributed by atoms with E-state index in [2.05, 4.69) is 34.6 Å². The Balaban J connectivity index is 1.39. The van der Waals surface area contributed by atoms with Crippen LogP contribution in [0.2, 0.25) is 0 Å². The molecular weight excluding hydrogens is 350 g/mol. The molecule has 1 fully saturated rings. The number of carbonyl (C=O) groups excluding carboxylic acids is 2. The van der Waals surface area contributed by atoms with E-state index in [4.69, 9.17) is 0 Å². The largest absolute Gasteiger partial charge is 0.349 e. The zero-order chi connectivity index (χ0) is 19.5. The van der Waals surface area contributed by atoms with E-state index in [-0.39, 0.29) is 30.2 Å². The first-order chi connectivity index (χ1) is 13.6. The van der Waals surface area contributed by atoms with E-state index < -0.39 is 0 Å². The lowest BCUT2D eigenvalue weighted by molar-refractivity contribution is -0.129. The van der Waals surface area contributed by atoms with Crippen molar-refractivity contribution in [3.05, 3.63) is 78.1 Å². The summed E-state index contributed by atoms with van der Waals surface area (Å²) in [6, 6.07) is 19.9. The van der Waals surface area contributed by atoms with E-state index in [1.54, 1.807) is 11.1 Å². The van der Waals surface area contributed by atoms with Crippen molar-refractivity contribution in [3.63, 3.8) is 0 Å². The number of hydrogen-bond donors (Lipinski definition) is 1. The molecule has 2 amide bonds. The molecule has 0 spiro atoms. The van der Waals surface area contributed by atoms with Crippen molar-refractivity contribution in [1.29, 1.82) is 0 Å². The number of nitrogens with zero attached hydrogens (tertiary/aromatic N) is 2. The Kier molecular flexibility index (Phi) is 5.06. The summed E-state index contributed by atoms with van der Waals surface area (Å²) in [4.78, 5) is 31.0. The fourth-order valence-corrected chi connectivity index (χ4v) is 3.68. The van der Waals surface area contributed by atoms with Crippen LogP contribution in [0.15, 0.2) is 66.9 Å². The van der Waals surface area contributed by atoms with Gasteiger partial charge in [-0.25, -0.2) is 0 Å². The van der Waals surface area contributed by atoms with Crippen LogP contribution in [0, 0.1) is 5.92 Å². The van der Waals surface area contributed by atoms with Crippen molar-refractivity contribution in [3.8, 4) is 0 Å². The summed E-state index contributed by atoms with van der Waals surface area (Å²) in [5, 5.41) is 5.40. The minimum atomic E-state index is -0.320. The van der Waals surface area contributed by atoms with Gasteiger partial charge in [0.1, 0.15) is 0 Å². The van der Waals surface area contributed by atoms with Crippen LogP contribution in [0.1, 0.15) is 30.6 Å². The van der Waals surface area contributed by atoms with Crippen LogP contribution in [-0.2, 0) is 16.1 Å². The van der Waals surface area contributed by atoms with Gasteiger partial charge in [-0.2, -0.15) is 0 Å². The van der Waals surface area contributed by atoms with Gasteiger partial charge in [0.25, 0.3) is 0 Å². The van der Waals surface area contributed by atoms with Crippen molar-refractivity contribution in [2.24, 2.45) is 5.92 Å². The van der Waals surface area contributed by atoms with Crippen LogP contribution in [0.5, 0.6) is 0 Å². The van der Waals surface area contributed by atoms with E-state index in [0.29, 0.717) is 13.1 Å². The van der Waals surface area contributed by atoms with Crippen LogP contribution in [0.4, 0.5) is 0 Å². The van der Waals surface area contributed by atoms with Crippen LogP contribution in [0.25, 0.3) is 10.8 Å². The number of rotatable bonds is 5. The average Bonchev–Trinajstić information content (AvgIpc) is 3.09. The Morgan fingerprint density at radius 2 is 1.93 bits per heavy atom. The zero-order valence-electron chi connectivity index (χ0n) is 15.8. The second-order valence-corrected chi connectivity index (χ2v) is 7.33. The van der Waals surface area contributed by atoms with Gasteiger partial charge in [0.2, 0.25) is 11.8 Å². The van der Waals surface area contributed by atoms with Gasteiger partial charge >= 0.3 is 0 Å². The van der Waals surface area contributed by atoms with Crippen molar-refractivity contribution in [1.82, 2.24) is 15.2 Å². The molecule has 0 radical (unpaired) electrons. The van der Waals surface area contributed by atoms with Crippen LogP contribution in [0.3, 0.4) is 0 Å². The molecule has 5 nitrogen and oxygen atoms in total. The van der Waals surface area contributed by atoms with Gasteiger partial charge in [0.15, 0.2) is 0 Å². The minimum absolute atomic E-state index is 0.00385. The third-order valence-corrected chi connectivity index (χ3v) is 5.30. The lowest BCUT2D eigenvalue weighted by Gasteiger charge is -2.19. The second-order valence-electron chi connectivity index (χ2n) is 7.33. The van der Waals surface area contributed by atoms with Crippen molar-refractivity contribution >= 4 is 22.6 Å². The van der Waals surface area contributed by atoms with E-state index in [1.165, 1.54) is 5.39 Å². The SMILES string of the molecule is CC(NC(=O)C1CC(=O)N(Cc2ccccn2)C1)c1ccc2ccccc2c1. The molecular formula is C23H23N3O2. The molecule has 28 heavy (non-hydrogen) atoms. The summed E-state index contributed by atoms with van der Waals surface area (Å²) in [6.45, 7) is 2.86. The van der Waals surface area contributed by atoms with Crippen molar-refractivity contribution < 1.29 is 9.59 Å². The Morgan fingerprint density at radius 3 is 2.71 bits per heavy atom. The molecule has 0 aliphatic carbocycles. The molecule has 142 valence electrons. The first-order valence-electron chi connectivity index (χ1n) is 9.57. The number of nitrogens with one attached hydrogen (secondary N) is 1. The monoisotopic (exact) mass is 373 g/mol. The number of amides is 2. The van der Waals surface area contributed by atoms with Gasteiger partial charge < -0.3 is 10.2 Å². The minimum Gasteiger partial charge on any atom is -0.349 e. The first-order valence-corrected chi connectivity index (χ1v) is 9.57. The summed E-state index contributed by atoms with van der Waals surface area (Å²) in [5.74, 6) is -0.388. The smallest absolute Gasteiger partial charge is 0.225 e. The molecule has 2 unspecified atom stereocenters. The molecule has 1 N–H and O–H groups in total. The third-order valence-electron chi connectivity index (χ3n) is 5.30. The summed E-state index contributed by atoms with van der Waals surface area (Å²) >= 11 is 0. The molecule has 1 saturated heterocycles. The molecule has 3 aromatic rings. The van der Waals surface area contributed by atoms with E-state index in [1.807, 2.05) is 43.3 Å². The third kappa shape index (κ3) is 3.88. The summed E-state index contributed by atoms with van der Waals surface area (Å²) in [5.41, 5.74) is 1.89. The van der Waals surface area contributed by atoms with Crippen LogP contribution < -0.4 is 5.32 Å². The van der Waals surface area contributed by atoms with Gasteiger partial charge in [-0.15, -0.1) is 0 Å². The fraction of sp³-hybridized carbons (Fsp3) is 0.261. The molecule has 2 aromatic carbocycles. The predicted octanol–water partition coefficient (Wildman–Crippen LogP) is 3.46. The fourth-order valence-electron chi connectivity index (χ4n) is 3.68. The highest BCUT2D eigenvalue weighted by atomic mass is 16.2. The Hall–Kier alpha value is -3.21. The number of pyridine rings is 1. The summed E-state index contributed by atoms with van der Waals surface area (Å²) < 4.78 is 0. The van der Waals surface area contributed by atoms with Crippen LogP contribution in [-0.4, -0.2) is 28.2 Å². The molecule has 4 rings (SSSR count). The highest BCUT2D eigenvalue weighted by molar-refractivity contribution is 5.89. The van der Waals surface area contributed by atoms with E-state index in [0.717, 1.165) is 16.6 Å². The van der Waals surface area contributed by atoms with Crippen molar-refractivity contribution in [2.75, 3.05) is 6.54 Å². The molecule has 1 aliphatic heterocycles. The number of carbonyl (C=O) groups is 2. The second kappa shape index (κ2) is 7.80. The number of aromatic nitrogens is 1. The first kappa shape index (κ1) is 18.2. The predicted molar refractivity (Wildman–Crippen MR) is 108 cm³/mol. The highest BCUT2D eigenvalue weighted by Gasteiger charge is 2.34. The highest BCUT2D eigenvalue weighted by Crippen LogP contribution is 2.23. The normalized spacial score (nSPS) is 17.7.